The molecule has 2 rings (SSSR count). The maximum absolute atomic E-state index is 5.74. The molecule has 3 heteroatoms. The summed E-state index contributed by atoms with van der Waals surface area (Å²) in [5.41, 5.74) is 0. The first-order chi connectivity index (χ1) is 5.86. The molecule has 2 aromatic rings. The summed E-state index contributed by atoms with van der Waals surface area (Å²) in [6.45, 7) is 0. The van der Waals surface area contributed by atoms with Crippen molar-refractivity contribution in [3.63, 3.8) is 0 Å². The molecule has 0 amide bonds. The molecule has 0 N–H and O–H groups in total. The van der Waals surface area contributed by atoms with E-state index >= 15 is 0 Å². The van der Waals surface area contributed by atoms with Gasteiger partial charge in [0.05, 0.1) is 0 Å². The molecule has 2 nitrogen and oxygen atoms in total. The van der Waals surface area contributed by atoms with Crippen LogP contribution in [-0.2, 0) is 0 Å². The van der Waals surface area contributed by atoms with E-state index in [1.807, 2.05) is 41.2 Å². The molecule has 60 valence electrons. The van der Waals surface area contributed by atoms with Gasteiger partial charge >= 0.3 is 0 Å². The molecule has 0 radical (unpaired) electrons. The molecule has 0 aliphatic heterocycles. The summed E-state index contributed by atoms with van der Waals surface area (Å²) in [5, 5.41) is 0.515. The molecule has 0 spiro atoms. The lowest BCUT2D eigenvalue weighted by Crippen LogP contribution is -1.92. The predicted octanol–water partition coefficient (Wildman–Crippen LogP) is 2.53. The van der Waals surface area contributed by atoms with Gasteiger partial charge in [0.2, 0.25) is 0 Å². The van der Waals surface area contributed by atoms with Crippen molar-refractivity contribution >= 4 is 11.6 Å². The second-order valence-corrected chi connectivity index (χ2v) is 2.80. The Kier molecular flexibility index (Phi) is 1.84. The first-order valence-electron chi connectivity index (χ1n) is 3.62. The van der Waals surface area contributed by atoms with Gasteiger partial charge in [-0.25, -0.2) is 4.98 Å². The molecule has 2 heterocycles. The molecule has 0 aliphatic rings. The van der Waals surface area contributed by atoms with Crippen molar-refractivity contribution < 1.29 is 0 Å². The van der Waals surface area contributed by atoms with Crippen molar-refractivity contribution in [3.05, 3.63) is 47.9 Å². The lowest BCUT2D eigenvalue weighted by Gasteiger charge is -2.00. The van der Waals surface area contributed by atoms with Crippen LogP contribution in [0.5, 0.6) is 0 Å². The summed E-state index contributed by atoms with van der Waals surface area (Å²) >= 11 is 5.74. The van der Waals surface area contributed by atoms with Crippen LogP contribution in [0.4, 0.5) is 0 Å². The third kappa shape index (κ3) is 1.34. The second-order valence-electron chi connectivity index (χ2n) is 2.41. The van der Waals surface area contributed by atoms with Gasteiger partial charge < -0.3 is 4.57 Å². The highest BCUT2D eigenvalue weighted by atomic mass is 35.5. The van der Waals surface area contributed by atoms with Crippen LogP contribution in [0, 0.1) is 0 Å². The van der Waals surface area contributed by atoms with Gasteiger partial charge in [0.15, 0.2) is 0 Å². The van der Waals surface area contributed by atoms with Crippen LogP contribution in [0.3, 0.4) is 0 Å². The van der Waals surface area contributed by atoms with Gasteiger partial charge in [-0.05, 0) is 24.3 Å². The van der Waals surface area contributed by atoms with Gasteiger partial charge in [0.1, 0.15) is 11.0 Å². The third-order valence-electron chi connectivity index (χ3n) is 1.57. The van der Waals surface area contributed by atoms with Crippen molar-refractivity contribution in [1.29, 1.82) is 0 Å². The average molecular weight is 179 g/mol. The Morgan fingerprint density at radius 3 is 2.50 bits per heavy atom. The predicted molar refractivity (Wildman–Crippen MR) is 48.6 cm³/mol. The highest BCUT2D eigenvalue weighted by Gasteiger charge is 1.95. The quantitative estimate of drug-likeness (QED) is 0.614. The molecule has 0 aliphatic carbocycles. The Morgan fingerprint density at radius 2 is 1.83 bits per heavy atom. The minimum Gasteiger partial charge on any atom is -0.309 e. The normalized spacial score (nSPS) is 10.1. The zero-order chi connectivity index (χ0) is 8.39. The molecule has 0 fully saturated rings. The van der Waals surface area contributed by atoms with E-state index in [9.17, 15) is 0 Å². The van der Waals surface area contributed by atoms with Crippen LogP contribution in [0.1, 0.15) is 0 Å². The number of aromatic nitrogens is 2. The SMILES string of the molecule is Clc1cccc(-n2cccc2)n1. The Hall–Kier alpha value is -1.28. The van der Waals surface area contributed by atoms with Gasteiger partial charge in [-0.2, -0.15) is 0 Å². The summed E-state index contributed by atoms with van der Waals surface area (Å²) in [4.78, 5) is 4.14. The van der Waals surface area contributed by atoms with Crippen molar-refractivity contribution in [3.8, 4) is 5.82 Å². The first-order valence-corrected chi connectivity index (χ1v) is 4.00. The average Bonchev–Trinajstić information content (AvgIpc) is 2.56. The second kappa shape index (κ2) is 2.99. The van der Waals surface area contributed by atoms with E-state index in [4.69, 9.17) is 11.6 Å². The van der Waals surface area contributed by atoms with Crippen LogP contribution in [0.25, 0.3) is 5.82 Å². The zero-order valence-corrected chi connectivity index (χ0v) is 7.07. The largest absolute Gasteiger partial charge is 0.309 e. The molecule has 0 atom stereocenters. The Labute approximate surface area is 75.4 Å². The summed E-state index contributed by atoms with van der Waals surface area (Å²) in [6, 6.07) is 9.44. The monoisotopic (exact) mass is 178 g/mol. The number of hydrogen-bond donors (Lipinski definition) is 0. The van der Waals surface area contributed by atoms with E-state index in [-0.39, 0.29) is 0 Å². The smallest absolute Gasteiger partial charge is 0.138 e. The van der Waals surface area contributed by atoms with Crippen molar-refractivity contribution in [1.82, 2.24) is 9.55 Å². The van der Waals surface area contributed by atoms with Crippen molar-refractivity contribution in [2.45, 2.75) is 0 Å². The fourth-order valence-electron chi connectivity index (χ4n) is 1.03. The summed E-state index contributed by atoms with van der Waals surface area (Å²) in [6.07, 6.45) is 3.86. The highest BCUT2D eigenvalue weighted by Crippen LogP contribution is 2.09. The number of rotatable bonds is 1. The Morgan fingerprint density at radius 1 is 1.08 bits per heavy atom. The van der Waals surface area contributed by atoms with Crippen LogP contribution in [0.2, 0.25) is 5.15 Å². The third-order valence-corrected chi connectivity index (χ3v) is 1.78. The van der Waals surface area contributed by atoms with Gasteiger partial charge in [-0.15, -0.1) is 0 Å². The maximum Gasteiger partial charge on any atom is 0.138 e. The molecule has 0 bridgehead atoms. The van der Waals surface area contributed by atoms with Gasteiger partial charge in [0, 0.05) is 12.4 Å². The van der Waals surface area contributed by atoms with E-state index in [1.165, 1.54) is 0 Å². The number of nitrogens with zero attached hydrogens (tertiary/aromatic N) is 2. The van der Waals surface area contributed by atoms with E-state index < -0.39 is 0 Å². The molecule has 0 unspecified atom stereocenters. The van der Waals surface area contributed by atoms with Gasteiger partial charge in [-0.1, -0.05) is 17.7 Å². The van der Waals surface area contributed by atoms with Crippen molar-refractivity contribution in [2.75, 3.05) is 0 Å². The lowest BCUT2D eigenvalue weighted by atomic mass is 10.4. The fraction of sp³-hybridized carbons (Fsp3) is 0. The summed E-state index contributed by atoms with van der Waals surface area (Å²) < 4.78 is 1.91. The molecule has 0 aromatic carbocycles. The standard InChI is InChI=1S/C9H7ClN2/c10-8-4-3-5-9(11-8)12-6-1-2-7-12/h1-7H. The van der Waals surface area contributed by atoms with E-state index in [0.29, 0.717) is 5.15 Å². The molecule has 0 saturated heterocycles. The van der Waals surface area contributed by atoms with Crippen LogP contribution in [-0.4, -0.2) is 9.55 Å². The number of pyridine rings is 1. The van der Waals surface area contributed by atoms with E-state index in [0.717, 1.165) is 5.82 Å². The summed E-state index contributed by atoms with van der Waals surface area (Å²) in [7, 11) is 0. The molecular formula is C9H7ClN2. The molecule has 12 heavy (non-hydrogen) atoms. The number of halogens is 1. The molecule has 2 aromatic heterocycles. The zero-order valence-electron chi connectivity index (χ0n) is 6.31. The van der Waals surface area contributed by atoms with Crippen LogP contribution >= 0.6 is 11.6 Å². The van der Waals surface area contributed by atoms with E-state index in [1.54, 1.807) is 6.07 Å². The Bertz CT molecular complexity index is 368. The number of hydrogen-bond acceptors (Lipinski definition) is 1. The topological polar surface area (TPSA) is 17.8 Å². The minimum absolute atomic E-state index is 0.515. The van der Waals surface area contributed by atoms with Crippen LogP contribution < -0.4 is 0 Å². The van der Waals surface area contributed by atoms with E-state index in [2.05, 4.69) is 4.98 Å². The molecular weight excluding hydrogens is 172 g/mol. The first kappa shape index (κ1) is 7.37. The van der Waals surface area contributed by atoms with Gasteiger partial charge in [-0.3, -0.25) is 0 Å². The minimum atomic E-state index is 0.515. The maximum atomic E-state index is 5.74. The van der Waals surface area contributed by atoms with Crippen LogP contribution in [0.15, 0.2) is 42.7 Å². The molecule has 0 saturated carbocycles. The fourth-order valence-corrected chi connectivity index (χ4v) is 1.19. The van der Waals surface area contributed by atoms with Gasteiger partial charge in [0.25, 0.3) is 0 Å². The van der Waals surface area contributed by atoms with Crippen molar-refractivity contribution in [2.24, 2.45) is 0 Å². The summed E-state index contributed by atoms with van der Waals surface area (Å²) in [5.74, 6) is 0.840. The Balaban J connectivity index is 2.48. The highest BCUT2D eigenvalue weighted by molar-refractivity contribution is 6.29. The lowest BCUT2D eigenvalue weighted by molar-refractivity contribution is 1.01.